The summed E-state index contributed by atoms with van der Waals surface area (Å²) in [4.78, 5) is 11.9. The Hall–Kier alpha value is -1.77. The molecule has 1 aromatic carbocycles. The first kappa shape index (κ1) is 11.7. The van der Waals surface area contributed by atoms with Crippen molar-refractivity contribution in [2.45, 2.75) is 20.8 Å². The van der Waals surface area contributed by atoms with Crippen LogP contribution in [0.4, 0.5) is 0 Å². The van der Waals surface area contributed by atoms with Crippen LogP contribution < -0.4 is 11.0 Å². The summed E-state index contributed by atoms with van der Waals surface area (Å²) in [6.07, 6.45) is 0. The van der Waals surface area contributed by atoms with E-state index in [9.17, 15) is 4.79 Å². The van der Waals surface area contributed by atoms with Gasteiger partial charge >= 0.3 is 0 Å². The van der Waals surface area contributed by atoms with Crippen LogP contribution in [-0.4, -0.2) is 11.2 Å². The molecule has 0 saturated heterocycles. The zero-order valence-corrected chi connectivity index (χ0v) is 10.5. The standard InChI is InChI=1S/C14H18N2O/c1-14(2,3)10-15-16-12-7-5-4-6-11(12)8-9-13(16)17/h4-9,15H,10H2,1-3H3. The van der Waals surface area contributed by atoms with E-state index in [1.807, 2.05) is 30.3 Å². The summed E-state index contributed by atoms with van der Waals surface area (Å²) in [5.74, 6) is 0. The third-order valence-corrected chi connectivity index (χ3v) is 2.57. The van der Waals surface area contributed by atoms with Gasteiger partial charge in [0, 0.05) is 18.0 Å². The number of para-hydroxylation sites is 1. The van der Waals surface area contributed by atoms with E-state index in [4.69, 9.17) is 0 Å². The maximum Gasteiger partial charge on any atom is 0.269 e. The van der Waals surface area contributed by atoms with E-state index in [1.165, 1.54) is 0 Å². The van der Waals surface area contributed by atoms with Gasteiger partial charge in [-0.2, -0.15) is 0 Å². The first-order valence-corrected chi connectivity index (χ1v) is 5.82. The first-order valence-electron chi connectivity index (χ1n) is 5.82. The van der Waals surface area contributed by atoms with Crippen molar-refractivity contribution in [2.75, 3.05) is 12.0 Å². The Balaban J connectivity index is 2.45. The van der Waals surface area contributed by atoms with Crippen LogP contribution in [0.5, 0.6) is 0 Å². The molecule has 0 aliphatic heterocycles. The SMILES string of the molecule is CC(C)(C)CNn1c(=O)ccc2ccccc21. The molecule has 0 saturated carbocycles. The molecule has 0 radical (unpaired) electrons. The predicted octanol–water partition coefficient (Wildman–Crippen LogP) is 2.59. The highest BCUT2D eigenvalue weighted by molar-refractivity contribution is 5.78. The summed E-state index contributed by atoms with van der Waals surface area (Å²) >= 11 is 0. The number of pyridine rings is 1. The topological polar surface area (TPSA) is 34.0 Å². The van der Waals surface area contributed by atoms with Gasteiger partial charge < -0.3 is 5.43 Å². The maximum atomic E-state index is 11.9. The van der Waals surface area contributed by atoms with Crippen molar-refractivity contribution >= 4 is 10.9 Å². The number of hydrogen-bond acceptors (Lipinski definition) is 2. The molecular weight excluding hydrogens is 212 g/mol. The molecule has 0 bridgehead atoms. The second kappa shape index (κ2) is 4.24. The van der Waals surface area contributed by atoms with E-state index in [1.54, 1.807) is 10.7 Å². The third kappa shape index (κ3) is 2.67. The van der Waals surface area contributed by atoms with E-state index in [0.29, 0.717) is 0 Å². The minimum absolute atomic E-state index is 0.0204. The zero-order chi connectivity index (χ0) is 12.5. The van der Waals surface area contributed by atoms with Gasteiger partial charge in [0.25, 0.3) is 5.56 Å². The lowest BCUT2D eigenvalue weighted by atomic mass is 9.97. The van der Waals surface area contributed by atoms with Gasteiger partial charge in [0.05, 0.1) is 5.52 Å². The molecule has 0 aliphatic carbocycles. The molecule has 0 fully saturated rings. The lowest BCUT2D eigenvalue weighted by Crippen LogP contribution is -2.33. The third-order valence-electron chi connectivity index (χ3n) is 2.57. The molecule has 1 aromatic heterocycles. The van der Waals surface area contributed by atoms with Gasteiger partial charge in [-0.1, -0.05) is 39.0 Å². The summed E-state index contributed by atoms with van der Waals surface area (Å²) < 4.78 is 1.63. The molecule has 0 unspecified atom stereocenters. The molecule has 90 valence electrons. The molecule has 3 heteroatoms. The fraction of sp³-hybridized carbons (Fsp3) is 0.357. The highest BCUT2D eigenvalue weighted by atomic mass is 16.1. The van der Waals surface area contributed by atoms with Gasteiger partial charge in [0.15, 0.2) is 0 Å². The molecule has 0 aliphatic rings. The van der Waals surface area contributed by atoms with Gasteiger partial charge in [-0.25, -0.2) is 4.68 Å². The van der Waals surface area contributed by atoms with Crippen molar-refractivity contribution in [3.8, 4) is 0 Å². The predicted molar refractivity (Wildman–Crippen MR) is 71.9 cm³/mol. The quantitative estimate of drug-likeness (QED) is 0.860. The number of nitrogens with one attached hydrogen (secondary N) is 1. The Kier molecular flexibility index (Phi) is 2.92. The second-order valence-corrected chi connectivity index (χ2v) is 5.46. The van der Waals surface area contributed by atoms with Crippen LogP contribution in [0.25, 0.3) is 10.9 Å². The van der Waals surface area contributed by atoms with Crippen LogP contribution in [-0.2, 0) is 0 Å². The Labute approximate surface area is 101 Å². The molecule has 1 heterocycles. The van der Waals surface area contributed by atoms with Crippen LogP contribution >= 0.6 is 0 Å². The molecule has 2 rings (SSSR count). The van der Waals surface area contributed by atoms with Gasteiger partial charge in [-0.3, -0.25) is 4.79 Å². The Morgan fingerprint density at radius 3 is 2.53 bits per heavy atom. The number of aromatic nitrogens is 1. The largest absolute Gasteiger partial charge is 0.322 e. The second-order valence-electron chi connectivity index (χ2n) is 5.46. The monoisotopic (exact) mass is 230 g/mol. The molecule has 0 amide bonds. The Morgan fingerprint density at radius 2 is 1.82 bits per heavy atom. The molecule has 17 heavy (non-hydrogen) atoms. The van der Waals surface area contributed by atoms with Gasteiger partial charge in [0.2, 0.25) is 0 Å². The summed E-state index contributed by atoms with van der Waals surface area (Å²) in [6, 6.07) is 11.3. The van der Waals surface area contributed by atoms with Crippen LogP contribution in [0.15, 0.2) is 41.2 Å². The maximum absolute atomic E-state index is 11.9. The minimum atomic E-state index is -0.0204. The fourth-order valence-corrected chi connectivity index (χ4v) is 1.67. The highest BCUT2D eigenvalue weighted by Gasteiger charge is 2.10. The van der Waals surface area contributed by atoms with E-state index in [-0.39, 0.29) is 11.0 Å². The number of hydrogen-bond donors (Lipinski definition) is 1. The summed E-state index contributed by atoms with van der Waals surface area (Å²) in [5, 5.41) is 1.06. The van der Waals surface area contributed by atoms with Crippen LogP contribution in [0.3, 0.4) is 0 Å². The van der Waals surface area contributed by atoms with E-state index < -0.39 is 0 Å². The summed E-state index contributed by atoms with van der Waals surface area (Å²) in [6.45, 7) is 7.16. The number of benzene rings is 1. The van der Waals surface area contributed by atoms with Gasteiger partial charge in [0.1, 0.15) is 0 Å². The normalized spacial score (nSPS) is 11.7. The molecule has 1 N–H and O–H groups in total. The van der Waals surface area contributed by atoms with Crippen molar-refractivity contribution in [1.29, 1.82) is 0 Å². The van der Waals surface area contributed by atoms with Crippen LogP contribution in [0, 0.1) is 5.41 Å². The van der Waals surface area contributed by atoms with Gasteiger partial charge in [-0.05, 0) is 17.5 Å². The van der Waals surface area contributed by atoms with Crippen LogP contribution in [0.1, 0.15) is 20.8 Å². The zero-order valence-electron chi connectivity index (χ0n) is 10.5. The molecular formula is C14H18N2O. The van der Waals surface area contributed by atoms with E-state index in [0.717, 1.165) is 17.4 Å². The Morgan fingerprint density at radius 1 is 1.12 bits per heavy atom. The number of rotatable bonds is 2. The first-order chi connectivity index (χ1) is 7.97. The molecule has 0 spiro atoms. The molecule has 2 aromatic rings. The van der Waals surface area contributed by atoms with Gasteiger partial charge in [-0.15, -0.1) is 0 Å². The van der Waals surface area contributed by atoms with E-state index in [2.05, 4.69) is 26.2 Å². The van der Waals surface area contributed by atoms with E-state index >= 15 is 0 Å². The highest BCUT2D eigenvalue weighted by Crippen LogP contribution is 2.13. The lowest BCUT2D eigenvalue weighted by molar-refractivity contribution is 0.426. The van der Waals surface area contributed by atoms with Crippen molar-refractivity contribution in [3.63, 3.8) is 0 Å². The average Bonchev–Trinajstić information content (AvgIpc) is 2.26. The molecule has 0 atom stereocenters. The van der Waals surface area contributed by atoms with Crippen molar-refractivity contribution in [1.82, 2.24) is 4.68 Å². The van der Waals surface area contributed by atoms with Crippen molar-refractivity contribution in [2.24, 2.45) is 5.41 Å². The smallest absolute Gasteiger partial charge is 0.269 e. The van der Waals surface area contributed by atoms with Crippen molar-refractivity contribution < 1.29 is 0 Å². The minimum Gasteiger partial charge on any atom is -0.322 e. The van der Waals surface area contributed by atoms with Crippen molar-refractivity contribution in [3.05, 3.63) is 46.8 Å². The Bertz CT molecular complexity index is 579. The number of nitrogens with zero attached hydrogens (tertiary/aromatic N) is 1. The lowest BCUT2D eigenvalue weighted by Gasteiger charge is -2.21. The summed E-state index contributed by atoms with van der Waals surface area (Å²) in [7, 11) is 0. The fourth-order valence-electron chi connectivity index (χ4n) is 1.67. The molecule has 3 nitrogen and oxygen atoms in total. The average molecular weight is 230 g/mol. The van der Waals surface area contributed by atoms with Crippen LogP contribution in [0.2, 0.25) is 0 Å². The number of fused-ring (bicyclic) bond motifs is 1. The summed E-state index contributed by atoms with van der Waals surface area (Å²) in [5.41, 5.74) is 4.24.